The minimum atomic E-state index is -0.333. The van der Waals surface area contributed by atoms with Gasteiger partial charge in [0.2, 0.25) is 5.88 Å². The van der Waals surface area contributed by atoms with E-state index in [1.165, 1.54) is 6.92 Å². The Labute approximate surface area is 77.8 Å². The van der Waals surface area contributed by atoms with Gasteiger partial charge in [-0.05, 0) is 25.0 Å². The first-order valence-electron chi connectivity index (χ1n) is 4.27. The number of carbonyl (C=O) groups excluding carboxylic acids is 1. The fourth-order valence-corrected chi connectivity index (χ4v) is 1.06. The molecule has 0 aliphatic heterocycles. The first kappa shape index (κ1) is 9.71. The van der Waals surface area contributed by atoms with E-state index < -0.39 is 0 Å². The summed E-state index contributed by atoms with van der Waals surface area (Å²) in [6.07, 6.45) is 2.67. The van der Waals surface area contributed by atoms with Crippen LogP contribution >= 0.6 is 0 Å². The Hall–Kier alpha value is -1.38. The Kier molecular flexibility index (Phi) is 3.01. The van der Waals surface area contributed by atoms with Gasteiger partial charge in [0, 0.05) is 18.7 Å². The zero-order chi connectivity index (χ0) is 9.84. The summed E-state index contributed by atoms with van der Waals surface area (Å²) < 4.78 is 4.89. The Balaban J connectivity index is 2.91. The number of rotatable bonds is 2. The summed E-state index contributed by atoms with van der Waals surface area (Å²) in [6.45, 7) is 5.31. The average Bonchev–Trinajstić information content (AvgIpc) is 2.08. The quantitative estimate of drug-likeness (QED) is 0.651. The maximum atomic E-state index is 10.7. The van der Waals surface area contributed by atoms with Crippen molar-refractivity contribution in [3.63, 3.8) is 0 Å². The summed E-state index contributed by atoms with van der Waals surface area (Å²) in [5.41, 5.74) is 2.04. The van der Waals surface area contributed by atoms with Crippen LogP contribution in [0, 0.1) is 6.92 Å². The van der Waals surface area contributed by atoms with Crippen LogP contribution in [0.3, 0.4) is 0 Å². The molecule has 0 amide bonds. The lowest BCUT2D eigenvalue weighted by molar-refractivity contribution is -0.132. The fraction of sp³-hybridized carbons (Fsp3) is 0.400. The molecule has 1 rings (SSSR count). The van der Waals surface area contributed by atoms with E-state index in [1.807, 2.05) is 13.0 Å². The number of ether oxygens (including phenoxy) is 1. The van der Waals surface area contributed by atoms with Crippen LogP contribution in [0.1, 0.15) is 25.0 Å². The van der Waals surface area contributed by atoms with Crippen LogP contribution in [0.25, 0.3) is 0 Å². The van der Waals surface area contributed by atoms with E-state index in [1.54, 1.807) is 6.20 Å². The van der Waals surface area contributed by atoms with Gasteiger partial charge < -0.3 is 4.74 Å². The normalized spacial score (nSPS) is 9.77. The molecule has 70 valence electrons. The minimum Gasteiger partial charge on any atom is -0.407 e. The lowest BCUT2D eigenvalue weighted by atomic mass is 10.2. The first-order chi connectivity index (χ1) is 6.13. The second-order valence-corrected chi connectivity index (χ2v) is 2.91. The SMILES string of the molecule is CCc1cnc(OC(C)=O)c(C)c1. The highest BCUT2D eigenvalue weighted by Crippen LogP contribution is 2.15. The van der Waals surface area contributed by atoms with Gasteiger partial charge in [0.25, 0.3) is 0 Å². The molecule has 0 saturated carbocycles. The zero-order valence-electron chi connectivity index (χ0n) is 8.13. The van der Waals surface area contributed by atoms with Crippen LogP contribution < -0.4 is 4.74 Å². The molecule has 0 fully saturated rings. The van der Waals surface area contributed by atoms with Gasteiger partial charge in [-0.2, -0.15) is 0 Å². The lowest BCUT2D eigenvalue weighted by Gasteiger charge is -2.04. The molecule has 0 unspecified atom stereocenters. The van der Waals surface area contributed by atoms with Crippen molar-refractivity contribution >= 4 is 5.97 Å². The summed E-state index contributed by atoms with van der Waals surface area (Å²) in [6, 6.07) is 1.98. The monoisotopic (exact) mass is 179 g/mol. The van der Waals surface area contributed by atoms with E-state index in [4.69, 9.17) is 4.74 Å². The third kappa shape index (κ3) is 2.54. The molecule has 3 nitrogen and oxygen atoms in total. The van der Waals surface area contributed by atoms with E-state index in [-0.39, 0.29) is 5.97 Å². The van der Waals surface area contributed by atoms with Crippen molar-refractivity contribution in [3.8, 4) is 5.88 Å². The summed E-state index contributed by atoms with van der Waals surface area (Å²) in [4.78, 5) is 14.7. The maximum absolute atomic E-state index is 10.7. The van der Waals surface area contributed by atoms with Crippen molar-refractivity contribution in [2.45, 2.75) is 27.2 Å². The van der Waals surface area contributed by atoms with Crippen LogP contribution in [-0.4, -0.2) is 11.0 Å². The third-order valence-electron chi connectivity index (χ3n) is 1.74. The van der Waals surface area contributed by atoms with Gasteiger partial charge in [0.05, 0.1) is 0 Å². The number of pyridine rings is 1. The van der Waals surface area contributed by atoms with Crippen LogP contribution in [0.5, 0.6) is 5.88 Å². The topological polar surface area (TPSA) is 39.2 Å². The van der Waals surface area contributed by atoms with Gasteiger partial charge in [-0.15, -0.1) is 0 Å². The number of esters is 1. The molecule has 0 bridgehead atoms. The Morgan fingerprint density at radius 2 is 2.31 bits per heavy atom. The molecule has 0 aliphatic rings. The van der Waals surface area contributed by atoms with Crippen molar-refractivity contribution in [2.24, 2.45) is 0 Å². The second-order valence-electron chi connectivity index (χ2n) is 2.91. The third-order valence-corrected chi connectivity index (χ3v) is 1.74. The molecular formula is C10H13NO2. The van der Waals surface area contributed by atoms with E-state index >= 15 is 0 Å². The summed E-state index contributed by atoms with van der Waals surface area (Å²) in [5, 5.41) is 0. The molecule has 0 aromatic carbocycles. The van der Waals surface area contributed by atoms with Crippen molar-refractivity contribution < 1.29 is 9.53 Å². The van der Waals surface area contributed by atoms with Gasteiger partial charge in [-0.1, -0.05) is 6.92 Å². The molecule has 0 spiro atoms. The predicted molar refractivity (Wildman–Crippen MR) is 49.7 cm³/mol. The summed E-state index contributed by atoms with van der Waals surface area (Å²) in [7, 11) is 0. The predicted octanol–water partition coefficient (Wildman–Crippen LogP) is 1.88. The standard InChI is InChI=1S/C10H13NO2/c1-4-9-5-7(2)10(11-6-9)13-8(3)12/h5-6H,4H2,1-3H3. The van der Waals surface area contributed by atoms with Crippen molar-refractivity contribution in [1.29, 1.82) is 0 Å². The van der Waals surface area contributed by atoms with Gasteiger partial charge in [0.15, 0.2) is 0 Å². The van der Waals surface area contributed by atoms with Crippen molar-refractivity contribution in [1.82, 2.24) is 4.98 Å². The number of nitrogens with zero attached hydrogens (tertiary/aromatic N) is 1. The van der Waals surface area contributed by atoms with Crippen LogP contribution in [0.2, 0.25) is 0 Å². The molecule has 0 N–H and O–H groups in total. The van der Waals surface area contributed by atoms with E-state index in [2.05, 4.69) is 11.9 Å². The second kappa shape index (κ2) is 4.03. The molecule has 0 radical (unpaired) electrons. The number of hydrogen-bond acceptors (Lipinski definition) is 3. The van der Waals surface area contributed by atoms with Gasteiger partial charge in [-0.3, -0.25) is 4.79 Å². The van der Waals surface area contributed by atoms with E-state index in [9.17, 15) is 4.79 Å². The molecule has 0 atom stereocenters. The number of hydrogen-bond donors (Lipinski definition) is 0. The largest absolute Gasteiger partial charge is 0.407 e. The highest BCUT2D eigenvalue weighted by molar-refractivity contribution is 5.69. The molecule has 0 aliphatic carbocycles. The molecule has 1 heterocycles. The maximum Gasteiger partial charge on any atom is 0.309 e. The van der Waals surface area contributed by atoms with Crippen LogP contribution in [-0.2, 0) is 11.2 Å². The van der Waals surface area contributed by atoms with Crippen LogP contribution in [0.15, 0.2) is 12.3 Å². The molecule has 13 heavy (non-hydrogen) atoms. The molecule has 0 saturated heterocycles. The Morgan fingerprint density at radius 1 is 1.62 bits per heavy atom. The number of carbonyl (C=O) groups is 1. The summed E-state index contributed by atoms with van der Waals surface area (Å²) >= 11 is 0. The van der Waals surface area contributed by atoms with E-state index in [0.717, 1.165) is 17.5 Å². The molecule has 1 aromatic rings. The van der Waals surface area contributed by atoms with Gasteiger partial charge in [-0.25, -0.2) is 4.98 Å². The Morgan fingerprint density at radius 3 is 2.77 bits per heavy atom. The van der Waals surface area contributed by atoms with Crippen molar-refractivity contribution in [3.05, 3.63) is 23.4 Å². The summed E-state index contributed by atoms with van der Waals surface area (Å²) in [5.74, 6) is 0.0737. The molecule has 3 heteroatoms. The van der Waals surface area contributed by atoms with Gasteiger partial charge in [0.1, 0.15) is 0 Å². The van der Waals surface area contributed by atoms with Crippen LogP contribution in [0.4, 0.5) is 0 Å². The first-order valence-corrected chi connectivity index (χ1v) is 4.27. The smallest absolute Gasteiger partial charge is 0.309 e. The zero-order valence-corrected chi connectivity index (χ0v) is 8.13. The number of aromatic nitrogens is 1. The fourth-order valence-electron chi connectivity index (χ4n) is 1.06. The lowest BCUT2D eigenvalue weighted by Crippen LogP contribution is -2.04. The highest BCUT2D eigenvalue weighted by Gasteiger charge is 2.04. The Bertz CT molecular complexity index is 321. The molecule has 1 aromatic heterocycles. The van der Waals surface area contributed by atoms with Gasteiger partial charge >= 0.3 is 5.97 Å². The van der Waals surface area contributed by atoms with Crippen molar-refractivity contribution in [2.75, 3.05) is 0 Å². The molecular weight excluding hydrogens is 166 g/mol. The highest BCUT2D eigenvalue weighted by atomic mass is 16.5. The van der Waals surface area contributed by atoms with E-state index in [0.29, 0.717) is 5.88 Å². The minimum absolute atomic E-state index is 0.333. The number of aryl methyl sites for hydroxylation is 2. The average molecular weight is 179 g/mol.